The fraction of sp³-hybridized carbons (Fsp3) is 0.154. The van der Waals surface area contributed by atoms with Crippen LogP contribution in [-0.2, 0) is 0 Å². The maximum Gasteiger partial charge on any atom is 0.0961 e. The quantitative estimate of drug-likeness (QED) is 0.746. The second-order valence-corrected chi connectivity index (χ2v) is 3.60. The van der Waals surface area contributed by atoms with Gasteiger partial charge in [-0.05, 0) is 5.56 Å². The lowest BCUT2D eigenvalue weighted by Crippen LogP contribution is -2.18. The Kier molecular flexibility index (Phi) is 2.90. The summed E-state index contributed by atoms with van der Waals surface area (Å²) in [6, 6.07) is 16.8. The number of aliphatic hydroxyl groups excluding tert-OH is 1. The molecule has 2 nitrogen and oxygen atoms in total. The van der Waals surface area contributed by atoms with Gasteiger partial charge in [0.05, 0.1) is 6.10 Å². The maximum absolute atomic E-state index is 10.0. The first-order valence-corrected chi connectivity index (χ1v) is 4.99. The largest absolute Gasteiger partial charge is 0.387 e. The third-order valence-electron chi connectivity index (χ3n) is 2.55. The van der Waals surface area contributed by atoms with E-state index < -0.39 is 6.10 Å². The van der Waals surface area contributed by atoms with Crippen molar-refractivity contribution in [3.05, 3.63) is 65.7 Å². The van der Waals surface area contributed by atoms with Crippen LogP contribution in [0, 0.1) is 0 Å². The Morgan fingerprint density at radius 2 is 1.80 bits per heavy atom. The number of hydrogen-bond acceptors (Lipinski definition) is 2. The van der Waals surface area contributed by atoms with Gasteiger partial charge in [-0.1, -0.05) is 30.3 Å². The van der Waals surface area contributed by atoms with Crippen LogP contribution in [0.3, 0.4) is 0 Å². The predicted octanol–water partition coefficient (Wildman–Crippen LogP) is 2.14. The molecule has 0 heterocycles. The van der Waals surface area contributed by atoms with Crippen LogP contribution in [-0.4, -0.2) is 5.11 Å². The van der Waals surface area contributed by atoms with Gasteiger partial charge < -0.3 is 10.8 Å². The second kappa shape index (κ2) is 4.34. The summed E-state index contributed by atoms with van der Waals surface area (Å²) in [5.41, 5.74) is 7.78. The molecule has 0 amide bonds. The van der Waals surface area contributed by atoms with Gasteiger partial charge in [-0.3, -0.25) is 0 Å². The summed E-state index contributed by atoms with van der Waals surface area (Å²) < 4.78 is 0. The van der Waals surface area contributed by atoms with Crippen LogP contribution >= 0.6 is 0 Å². The van der Waals surface area contributed by atoms with E-state index in [2.05, 4.69) is 0 Å². The molecule has 2 heteroatoms. The summed E-state index contributed by atoms with van der Waals surface area (Å²) in [6.07, 6.45) is -0.645. The highest BCUT2D eigenvalue weighted by molar-refractivity contribution is 5.26. The van der Waals surface area contributed by atoms with E-state index in [0.717, 1.165) is 11.1 Å². The van der Waals surface area contributed by atoms with Crippen molar-refractivity contribution in [3.63, 3.8) is 0 Å². The fourth-order valence-corrected chi connectivity index (χ4v) is 1.65. The third kappa shape index (κ3) is 2.12. The Bertz CT molecular complexity index is 394. The van der Waals surface area contributed by atoms with Gasteiger partial charge in [0.15, 0.2) is 0 Å². The average molecular weight is 200 g/mol. The Labute approximate surface area is 89.3 Å². The highest BCUT2D eigenvalue weighted by atomic mass is 16.3. The first kappa shape index (κ1) is 10.0. The Hall–Kier alpha value is -1.51. The second-order valence-electron chi connectivity index (χ2n) is 3.60. The van der Waals surface area contributed by atoms with Gasteiger partial charge in [-0.2, -0.15) is 12.1 Å². The molecule has 0 unspecified atom stereocenters. The van der Waals surface area contributed by atoms with Crippen LogP contribution in [0.15, 0.2) is 54.6 Å². The zero-order valence-corrected chi connectivity index (χ0v) is 8.38. The Balaban J connectivity index is 2.18. The zero-order valence-electron chi connectivity index (χ0n) is 8.38. The van der Waals surface area contributed by atoms with Crippen LogP contribution in [0.2, 0.25) is 0 Å². The lowest BCUT2D eigenvalue weighted by Gasteiger charge is -2.21. The molecule has 0 fully saturated rings. The van der Waals surface area contributed by atoms with E-state index in [4.69, 9.17) is 5.73 Å². The minimum absolute atomic E-state index is 0.359. The molecule has 0 saturated heterocycles. The van der Waals surface area contributed by atoms with E-state index in [0.29, 0.717) is 0 Å². The monoisotopic (exact) mass is 200 g/mol. The first-order valence-electron chi connectivity index (χ1n) is 4.99. The van der Waals surface area contributed by atoms with Crippen LogP contribution in [0.1, 0.15) is 23.3 Å². The summed E-state index contributed by atoms with van der Waals surface area (Å²) in [4.78, 5) is 0. The molecule has 2 aromatic rings. The highest BCUT2D eigenvalue weighted by Crippen LogP contribution is 2.26. The van der Waals surface area contributed by atoms with Crippen LogP contribution < -0.4 is 5.73 Å². The average Bonchev–Trinajstić information content (AvgIpc) is 2.82. The Morgan fingerprint density at radius 3 is 2.40 bits per heavy atom. The van der Waals surface area contributed by atoms with E-state index in [1.54, 1.807) is 0 Å². The highest BCUT2D eigenvalue weighted by Gasteiger charge is 2.15. The van der Waals surface area contributed by atoms with Crippen LogP contribution in [0.5, 0.6) is 0 Å². The molecule has 0 aliphatic heterocycles. The molecule has 0 aliphatic carbocycles. The van der Waals surface area contributed by atoms with Gasteiger partial charge in [0.1, 0.15) is 0 Å². The lowest BCUT2D eigenvalue weighted by molar-refractivity contribution is 0.147. The molecule has 2 rings (SSSR count). The number of aliphatic hydroxyl groups is 1. The molecular weight excluding hydrogens is 186 g/mol. The van der Waals surface area contributed by atoms with Gasteiger partial charge in [0.25, 0.3) is 0 Å². The number of rotatable bonds is 3. The van der Waals surface area contributed by atoms with Gasteiger partial charge in [0.2, 0.25) is 0 Å². The molecular formula is C13H14NO-. The van der Waals surface area contributed by atoms with Gasteiger partial charge in [-0.25, -0.2) is 12.1 Å². The zero-order chi connectivity index (χ0) is 10.7. The minimum atomic E-state index is -0.645. The predicted molar refractivity (Wildman–Crippen MR) is 60.4 cm³/mol. The summed E-state index contributed by atoms with van der Waals surface area (Å²) in [5, 5.41) is 10.0. The summed E-state index contributed by atoms with van der Waals surface area (Å²) in [6.45, 7) is 0. The van der Waals surface area contributed by atoms with E-state index in [1.165, 1.54) is 0 Å². The van der Waals surface area contributed by atoms with E-state index in [1.807, 2.05) is 54.6 Å². The molecule has 0 aromatic heterocycles. The molecule has 0 bridgehead atoms. The summed E-state index contributed by atoms with van der Waals surface area (Å²) in [5.74, 6) is 0. The number of nitrogens with two attached hydrogens (primary N) is 1. The van der Waals surface area contributed by atoms with E-state index >= 15 is 0 Å². The summed E-state index contributed by atoms with van der Waals surface area (Å²) in [7, 11) is 0. The molecule has 15 heavy (non-hydrogen) atoms. The molecule has 2 aromatic carbocycles. The normalized spacial score (nSPS) is 14.8. The van der Waals surface area contributed by atoms with Crippen molar-refractivity contribution >= 4 is 0 Å². The van der Waals surface area contributed by atoms with Crippen molar-refractivity contribution in [1.29, 1.82) is 0 Å². The van der Waals surface area contributed by atoms with Crippen molar-refractivity contribution in [2.45, 2.75) is 12.1 Å². The van der Waals surface area contributed by atoms with Crippen LogP contribution in [0.4, 0.5) is 0 Å². The third-order valence-corrected chi connectivity index (χ3v) is 2.55. The molecule has 0 aliphatic rings. The topological polar surface area (TPSA) is 46.2 Å². The molecule has 78 valence electrons. The molecule has 2 atom stereocenters. The fourth-order valence-electron chi connectivity index (χ4n) is 1.65. The van der Waals surface area contributed by atoms with Gasteiger partial charge in [-0.15, -0.1) is 5.56 Å². The molecule has 0 saturated carbocycles. The maximum atomic E-state index is 10.0. The number of benzene rings is 1. The molecule has 0 spiro atoms. The van der Waals surface area contributed by atoms with Crippen molar-refractivity contribution in [3.8, 4) is 0 Å². The Morgan fingerprint density at radius 1 is 1.07 bits per heavy atom. The minimum Gasteiger partial charge on any atom is -0.387 e. The summed E-state index contributed by atoms with van der Waals surface area (Å²) >= 11 is 0. The number of hydrogen-bond donors (Lipinski definition) is 2. The molecule has 3 N–H and O–H groups in total. The smallest absolute Gasteiger partial charge is 0.0961 e. The van der Waals surface area contributed by atoms with E-state index in [-0.39, 0.29) is 6.04 Å². The molecule has 0 radical (unpaired) electrons. The van der Waals surface area contributed by atoms with E-state index in [9.17, 15) is 5.11 Å². The van der Waals surface area contributed by atoms with Gasteiger partial charge >= 0.3 is 0 Å². The SMILES string of the molecule is N[C@H](c1ccc[cH-]1)[C@H](O)c1ccccc1. The van der Waals surface area contributed by atoms with Crippen LogP contribution in [0.25, 0.3) is 0 Å². The van der Waals surface area contributed by atoms with Crippen molar-refractivity contribution < 1.29 is 5.11 Å². The first-order chi connectivity index (χ1) is 7.29. The van der Waals surface area contributed by atoms with Crippen molar-refractivity contribution in [2.24, 2.45) is 5.73 Å². The standard InChI is InChI=1S/C13H14NO/c14-12(10-6-4-5-7-10)13(15)11-8-2-1-3-9-11/h1-9,12-13,15H,14H2/q-1/t12-,13-/m1/s1. The van der Waals surface area contributed by atoms with Gasteiger partial charge in [0, 0.05) is 6.04 Å². The van der Waals surface area contributed by atoms with Crippen molar-refractivity contribution in [2.75, 3.05) is 0 Å². The lowest BCUT2D eigenvalue weighted by atomic mass is 9.98. The van der Waals surface area contributed by atoms with Crippen molar-refractivity contribution in [1.82, 2.24) is 0 Å².